The summed E-state index contributed by atoms with van der Waals surface area (Å²) in [5.74, 6) is 0. The van der Waals surface area contributed by atoms with Crippen molar-refractivity contribution in [3.63, 3.8) is 0 Å². The summed E-state index contributed by atoms with van der Waals surface area (Å²) in [6, 6.07) is 5.23. The van der Waals surface area contributed by atoms with Crippen LogP contribution in [-0.4, -0.2) is 25.3 Å². The highest BCUT2D eigenvalue weighted by Crippen LogP contribution is 2.33. The van der Waals surface area contributed by atoms with Gasteiger partial charge >= 0.3 is 0 Å². The van der Waals surface area contributed by atoms with Gasteiger partial charge in [0.1, 0.15) is 0 Å². The minimum Gasteiger partial charge on any atom is -0.391 e. The quantitative estimate of drug-likeness (QED) is 0.888. The lowest BCUT2D eigenvalue weighted by molar-refractivity contribution is 0.0401. The van der Waals surface area contributed by atoms with E-state index >= 15 is 0 Å². The zero-order valence-electron chi connectivity index (χ0n) is 11.7. The number of aliphatic hydroxyl groups excluding tert-OH is 1. The monoisotopic (exact) mass is 270 g/mol. The topological polar surface area (TPSA) is 49.5 Å². The average Bonchev–Trinajstić information content (AvgIpc) is 2.25. The third-order valence-electron chi connectivity index (χ3n) is 3.09. The molecule has 0 bridgehead atoms. The van der Waals surface area contributed by atoms with Crippen LogP contribution in [0.25, 0.3) is 0 Å². The average molecular weight is 271 g/mol. The SMILES string of the molecule is CN(C)c1ccc([C@H](N)[C@H](O)C(C)(C)C)c(Cl)c1. The molecule has 0 aromatic heterocycles. The molecule has 0 amide bonds. The Labute approximate surface area is 115 Å². The van der Waals surface area contributed by atoms with Gasteiger partial charge in [-0.3, -0.25) is 0 Å². The van der Waals surface area contributed by atoms with Gasteiger partial charge in [-0.1, -0.05) is 38.4 Å². The molecule has 3 N–H and O–H groups in total. The van der Waals surface area contributed by atoms with Crippen LogP contribution in [0.15, 0.2) is 18.2 Å². The molecule has 0 saturated carbocycles. The number of halogens is 1. The summed E-state index contributed by atoms with van der Waals surface area (Å²) in [6.45, 7) is 5.87. The van der Waals surface area contributed by atoms with Crippen molar-refractivity contribution < 1.29 is 5.11 Å². The van der Waals surface area contributed by atoms with Gasteiger partial charge in [0.25, 0.3) is 0 Å². The smallest absolute Gasteiger partial charge is 0.0781 e. The van der Waals surface area contributed by atoms with Crippen molar-refractivity contribution in [3.8, 4) is 0 Å². The maximum absolute atomic E-state index is 10.2. The van der Waals surface area contributed by atoms with E-state index in [1.807, 2.05) is 58.0 Å². The van der Waals surface area contributed by atoms with E-state index in [1.54, 1.807) is 0 Å². The molecule has 102 valence electrons. The van der Waals surface area contributed by atoms with E-state index in [9.17, 15) is 5.11 Å². The van der Waals surface area contributed by atoms with Crippen LogP contribution in [0.3, 0.4) is 0 Å². The molecule has 0 unspecified atom stereocenters. The molecule has 0 radical (unpaired) electrons. The van der Waals surface area contributed by atoms with Gasteiger partial charge in [0.2, 0.25) is 0 Å². The van der Waals surface area contributed by atoms with Gasteiger partial charge in [0.15, 0.2) is 0 Å². The molecule has 18 heavy (non-hydrogen) atoms. The zero-order valence-corrected chi connectivity index (χ0v) is 12.5. The molecule has 0 saturated heterocycles. The number of nitrogens with two attached hydrogens (primary N) is 1. The fourth-order valence-electron chi connectivity index (χ4n) is 1.77. The molecule has 0 spiro atoms. The molecule has 0 fully saturated rings. The first-order valence-electron chi connectivity index (χ1n) is 6.05. The minimum absolute atomic E-state index is 0.275. The van der Waals surface area contributed by atoms with Gasteiger partial charge in [0.05, 0.1) is 12.1 Å². The van der Waals surface area contributed by atoms with E-state index in [1.165, 1.54) is 0 Å². The largest absolute Gasteiger partial charge is 0.391 e. The molecule has 0 aliphatic heterocycles. The van der Waals surface area contributed by atoms with Crippen molar-refractivity contribution >= 4 is 17.3 Å². The van der Waals surface area contributed by atoms with E-state index in [4.69, 9.17) is 17.3 Å². The van der Waals surface area contributed by atoms with E-state index < -0.39 is 12.1 Å². The van der Waals surface area contributed by atoms with Gasteiger partial charge in [-0.15, -0.1) is 0 Å². The lowest BCUT2D eigenvalue weighted by Crippen LogP contribution is -2.37. The van der Waals surface area contributed by atoms with Crippen LogP contribution in [0.4, 0.5) is 5.69 Å². The Morgan fingerprint density at radius 2 is 1.83 bits per heavy atom. The van der Waals surface area contributed by atoms with Crippen LogP contribution in [0, 0.1) is 5.41 Å². The number of benzene rings is 1. The summed E-state index contributed by atoms with van der Waals surface area (Å²) in [4.78, 5) is 1.97. The number of nitrogens with zero attached hydrogens (tertiary/aromatic N) is 1. The van der Waals surface area contributed by atoms with Crippen LogP contribution < -0.4 is 10.6 Å². The summed E-state index contributed by atoms with van der Waals surface area (Å²) >= 11 is 6.24. The Morgan fingerprint density at radius 1 is 1.28 bits per heavy atom. The van der Waals surface area contributed by atoms with Gasteiger partial charge in [-0.05, 0) is 23.1 Å². The first kappa shape index (κ1) is 15.3. The van der Waals surface area contributed by atoms with Gasteiger partial charge in [0, 0.05) is 24.8 Å². The number of aliphatic hydroxyl groups is 1. The fourth-order valence-corrected chi connectivity index (χ4v) is 2.07. The molecule has 0 aliphatic carbocycles. The molecule has 0 aliphatic rings. The summed E-state index contributed by atoms with van der Waals surface area (Å²) < 4.78 is 0. The molecule has 2 atom stereocenters. The molecule has 4 heteroatoms. The lowest BCUT2D eigenvalue weighted by atomic mass is 9.82. The maximum Gasteiger partial charge on any atom is 0.0781 e. The van der Waals surface area contributed by atoms with Crippen LogP contribution in [0.5, 0.6) is 0 Å². The first-order valence-corrected chi connectivity index (χ1v) is 6.43. The van der Waals surface area contributed by atoms with Crippen molar-refractivity contribution in [2.75, 3.05) is 19.0 Å². The summed E-state index contributed by atoms with van der Waals surface area (Å²) in [5, 5.41) is 10.8. The summed E-state index contributed by atoms with van der Waals surface area (Å²) in [7, 11) is 3.91. The van der Waals surface area contributed by atoms with Crippen molar-refractivity contribution in [3.05, 3.63) is 28.8 Å². The van der Waals surface area contributed by atoms with E-state index in [2.05, 4.69) is 0 Å². The Morgan fingerprint density at radius 3 is 2.22 bits per heavy atom. The molecule has 1 aromatic carbocycles. The molecule has 1 aromatic rings. The van der Waals surface area contributed by atoms with Crippen molar-refractivity contribution in [2.45, 2.75) is 32.9 Å². The van der Waals surface area contributed by atoms with Crippen LogP contribution in [0.1, 0.15) is 32.4 Å². The molecular weight excluding hydrogens is 248 g/mol. The Kier molecular flexibility index (Phi) is 4.65. The standard InChI is InChI=1S/C14H23ClN2O/c1-14(2,3)13(18)12(16)10-7-6-9(17(4)5)8-11(10)15/h6-8,12-13,18H,16H2,1-5H3/t12-,13-/m0/s1. The highest BCUT2D eigenvalue weighted by Gasteiger charge is 2.30. The molecular formula is C14H23ClN2O. The zero-order chi connectivity index (χ0) is 14.1. The second-order valence-electron chi connectivity index (χ2n) is 5.94. The van der Waals surface area contributed by atoms with Gasteiger partial charge < -0.3 is 15.7 Å². The van der Waals surface area contributed by atoms with Gasteiger partial charge in [-0.2, -0.15) is 0 Å². The predicted octanol–water partition coefficient (Wildman–Crippen LogP) is 2.81. The van der Waals surface area contributed by atoms with E-state index in [0.29, 0.717) is 5.02 Å². The minimum atomic E-state index is -0.639. The molecule has 1 rings (SSSR count). The Bertz CT molecular complexity index is 413. The Balaban J connectivity index is 3.04. The summed E-state index contributed by atoms with van der Waals surface area (Å²) in [6.07, 6.45) is -0.639. The highest BCUT2D eigenvalue weighted by atomic mass is 35.5. The van der Waals surface area contributed by atoms with Gasteiger partial charge in [-0.25, -0.2) is 0 Å². The van der Waals surface area contributed by atoms with E-state index in [0.717, 1.165) is 11.3 Å². The summed E-state index contributed by atoms with van der Waals surface area (Å²) in [5.41, 5.74) is 7.63. The number of anilines is 1. The second kappa shape index (κ2) is 5.47. The van der Waals surface area contributed by atoms with Crippen LogP contribution in [-0.2, 0) is 0 Å². The van der Waals surface area contributed by atoms with Crippen molar-refractivity contribution in [2.24, 2.45) is 11.1 Å². The molecule has 3 nitrogen and oxygen atoms in total. The van der Waals surface area contributed by atoms with Crippen LogP contribution >= 0.6 is 11.6 Å². The Hall–Kier alpha value is -0.770. The maximum atomic E-state index is 10.2. The van der Waals surface area contributed by atoms with Crippen molar-refractivity contribution in [1.82, 2.24) is 0 Å². The fraction of sp³-hybridized carbons (Fsp3) is 0.571. The number of hydrogen-bond donors (Lipinski definition) is 2. The van der Waals surface area contributed by atoms with E-state index in [-0.39, 0.29) is 5.41 Å². The molecule has 0 heterocycles. The number of rotatable bonds is 3. The number of hydrogen-bond acceptors (Lipinski definition) is 3. The first-order chi connectivity index (χ1) is 8.14. The lowest BCUT2D eigenvalue weighted by Gasteiger charge is -2.31. The third kappa shape index (κ3) is 3.37. The third-order valence-corrected chi connectivity index (χ3v) is 3.41. The second-order valence-corrected chi connectivity index (χ2v) is 6.34. The predicted molar refractivity (Wildman–Crippen MR) is 78.2 cm³/mol. The van der Waals surface area contributed by atoms with Crippen molar-refractivity contribution in [1.29, 1.82) is 0 Å². The highest BCUT2D eigenvalue weighted by molar-refractivity contribution is 6.31. The van der Waals surface area contributed by atoms with Crippen LogP contribution in [0.2, 0.25) is 5.02 Å². The normalized spacial score (nSPS) is 15.3.